The average molecular weight is 269 g/mol. The van der Waals surface area contributed by atoms with Crippen LogP contribution in [0.3, 0.4) is 0 Å². The van der Waals surface area contributed by atoms with Crippen molar-refractivity contribution >= 4 is 5.97 Å². The molecule has 19 heavy (non-hydrogen) atoms. The van der Waals surface area contributed by atoms with Crippen LogP contribution in [0.15, 0.2) is 18.2 Å². The van der Waals surface area contributed by atoms with Crippen molar-refractivity contribution in [3.8, 4) is 0 Å². The van der Waals surface area contributed by atoms with Crippen molar-refractivity contribution in [3.05, 3.63) is 35.4 Å². The maximum atomic E-state index is 13.6. The minimum absolute atomic E-state index is 0.0680. The fraction of sp³-hybridized carbons (Fsp3) is 0.500. The lowest BCUT2D eigenvalue weighted by molar-refractivity contribution is -0.138. The van der Waals surface area contributed by atoms with Crippen LogP contribution in [0.2, 0.25) is 0 Å². The summed E-state index contributed by atoms with van der Waals surface area (Å²) in [4.78, 5) is 12.6. The number of hydrogen-bond acceptors (Lipinski definition) is 2. The first-order chi connectivity index (χ1) is 9.06. The number of nitrogens with zero attached hydrogens (tertiary/aromatic N) is 1. The van der Waals surface area contributed by atoms with Crippen LogP contribution in [-0.2, 0) is 11.3 Å². The number of piperidine rings is 1. The number of likely N-dealkylation sites (tertiary alicyclic amines) is 1. The molecule has 104 valence electrons. The maximum absolute atomic E-state index is 13.6. The topological polar surface area (TPSA) is 40.5 Å². The van der Waals surface area contributed by atoms with Gasteiger partial charge in [0.15, 0.2) is 0 Å². The Morgan fingerprint density at radius 1 is 1.37 bits per heavy atom. The van der Waals surface area contributed by atoms with Crippen molar-refractivity contribution in [2.75, 3.05) is 13.1 Å². The molecule has 1 aromatic carbocycles. The molecule has 1 fully saturated rings. The molecule has 1 aromatic rings. The van der Waals surface area contributed by atoms with Crippen LogP contribution in [0.5, 0.6) is 0 Å². The number of rotatable bonds is 4. The van der Waals surface area contributed by atoms with Gasteiger partial charge in [-0.2, -0.15) is 0 Å². The van der Waals surface area contributed by atoms with Gasteiger partial charge in [0, 0.05) is 25.1 Å². The Labute approximate surface area is 110 Å². The molecule has 0 saturated carbocycles. The zero-order valence-corrected chi connectivity index (χ0v) is 10.6. The van der Waals surface area contributed by atoms with Crippen LogP contribution >= 0.6 is 0 Å². The standard InChI is InChI=1S/C14H17F2NO2/c15-12-4-1-5-13(16)11(12)9-17-6-2-3-10(8-17)7-14(18)19/h1,4-5,10H,2-3,6-9H2,(H,18,19). The van der Waals surface area contributed by atoms with E-state index in [1.54, 1.807) is 0 Å². The van der Waals surface area contributed by atoms with Gasteiger partial charge in [-0.25, -0.2) is 8.78 Å². The quantitative estimate of drug-likeness (QED) is 0.913. The van der Waals surface area contributed by atoms with Gasteiger partial charge < -0.3 is 5.11 Å². The number of carbonyl (C=O) groups is 1. The summed E-state index contributed by atoms with van der Waals surface area (Å²) in [6.45, 7) is 1.54. The molecule has 1 unspecified atom stereocenters. The average Bonchev–Trinajstić information content (AvgIpc) is 2.34. The van der Waals surface area contributed by atoms with Crippen LogP contribution in [-0.4, -0.2) is 29.1 Å². The number of hydrogen-bond donors (Lipinski definition) is 1. The Bertz CT molecular complexity index is 445. The summed E-state index contributed by atoms with van der Waals surface area (Å²) >= 11 is 0. The van der Waals surface area contributed by atoms with E-state index in [1.165, 1.54) is 18.2 Å². The Morgan fingerprint density at radius 3 is 2.68 bits per heavy atom. The van der Waals surface area contributed by atoms with E-state index in [0.29, 0.717) is 6.54 Å². The molecule has 0 aliphatic carbocycles. The Kier molecular flexibility index (Phi) is 4.47. The predicted octanol–water partition coefficient (Wildman–Crippen LogP) is 2.65. The van der Waals surface area contributed by atoms with Crippen molar-refractivity contribution in [2.24, 2.45) is 5.92 Å². The molecular weight excluding hydrogens is 252 g/mol. The Morgan fingerprint density at radius 2 is 2.05 bits per heavy atom. The third kappa shape index (κ3) is 3.73. The Hall–Kier alpha value is -1.49. The molecule has 1 saturated heterocycles. The SMILES string of the molecule is O=C(O)CC1CCCN(Cc2c(F)cccc2F)C1. The van der Waals surface area contributed by atoms with Crippen LogP contribution in [0.1, 0.15) is 24.8 Å². The molecule has 1 atom stereocenters. The summed E-state index contributed by atoms with van der Waals surface area (Å²) in [6, 6.07) is 3.84. The number of carboxylic acid groups (broad SMARTS) is 1. The zero-order chi connectivity index (χ0) is 13.8. The first-order valence-electron chi connectivity index (χ1n) is 6.43. The van der Waals surface area contributed by atoms with E-state index in [-0.39, 0.29) is 24.4 Å². The van der Waals surface area contributed by atoms with Gasteiger partial charge in [0.1, 0.15) is 11.6 Å². The normalized spacial score (nSPS) is 20.4. The van der Waals surface area contributed by atoms with E-state index < -0.39 is 17.6 Å². The highest BCUT2D eigenvalue weighted by Crippen LogP contribution is 2.23. The summed E-state index contributed by atoms with van der Waals surface area (Å²) in [5.74, 6) is -1.83. The van der Waals surface area contributed by atoms with Gasteiger partial charge in [-0.1, -0.05) is 6.07 Å². The highest BCUT2D eigenvalue weighted by molar-refractivity contribution is 5.67. The molecule has 0 radical (unpaired) electrons. The largest absolute Gasteiger partial charge is 0.481 e. The summed E-state index contributed by atoms with van der Waals surface area (Å²) in [6.07, 6.45) is 1.85. The van der Waals surface area contributed by atoms with Gasteiger partial charge in [-0.15, -0.1) is 0 Å². The van der Waals surface area contributed by atoms with E-state index in [4.69, 9.17) is 5.11 Å². The van der Waals surface area contributed by atoms with Crippen LogP contribution < -0.4 is 0 Å². The van der Waals surface area contributed by atoms with Crippen molar-refractivity contribution in [1.29, 1.82) is 0 Å². The second-order valence-corrected chi connectivity index (χ2v) is 5.04. The lowest BCUT2D eigenvalue weighted by Crippen LogP contribution is -2.36. The van der Waals surface area contributed by atoms with Gasteiger partial charge in [-0.3, -0.25) is 9.69 Å². The van der Waals surface area contributed by atoms with Crippen LogP contribution in [0, 0.1) is 17.6 Å². The third-order valence-corrected chi connectivity index (χ3v) is 3.51. The molecule has 0 bridgehead atoms. The summed E-state index contributed by atoms with van der Waals surface area (Å²) in [5.41, 5.74) is 0.0680. The monoisotopic (exact) mass is 269 g/mol. The van der Waals surface area contributed by atoms with Crippen molar-refractivity contribution in [3.63, 3.8) is 0 Å². The van der Waals surface area contributed by atoms with Crippen molar-refractivity contribution in [1.82, 2.24) is 4.90 Å². The molecule has 0 aromatic heterocycles. The molecule has 1 heterocycles. The zero-order valence-electron chi connectivity index (χ0n) is 10.6. The summed E-state index contributed by atoms with van der Waals surface area (Å²) < 4.78 is 27.1. The Balaban J connectivity index is 2.01. The molecule has 1 aliphatic heterocycles. The molecule has 1 aliphatic rings. The van der Waals surface area contributed by atoms with E-state index in [0.717, 1.165) is 19.4 Å². The minimum Gasteiger partial charge on any atom is -0.481 e. The summed E-state index contributed by atoms with van der Waals surface area (Å²) in [5, 5.41) is 8.79. The highest BCUT2D eigenvalue weighted by atomic mass is 19.1. The maximum Gasteiger partial charge on any atom is 0.303 e. The van der Waals surface area contributed by atoms with Gasteiger partial charge in [0.25, 0.3) is 0 Å². The van der Waals surface area contributed by atoms with Crippen LogP contribution in [0.4, 0.5) is 8.78 Å². The lowest BCUT2D eigenvalue weighted by atomic mass is 9.94. The number of benzene rings is 1. The number of halogens is 2. The lowest BCUT2D eigenvalue weighted by Gasteiger charge is -2.32. The second kappa shape index (κ2) is 6.10. The van der Waals surface area contributed by atoms with Gasteiger partial charge in [0.05, 0.1) is 0 Å². The van der Waals surface area contributed by atoms with Gasteiger partial charge >= 0.3 is 5.97 Å². The molecule has 3 nitrogen and oxygen atoms in total. The van der Waals surface area contributed by atoms with E-state index in [9.17, 15) is 13.6 Å². The predicted molar refractivity (Wildman–Crippen MR) is 66.6 cm³/mol. The minimum atomic E-state index is -0.816. The number of aliphatic carboxylic acids is 1. The van der Waals surface area contributed by atoms with Crippen LogP contribution in [0.25, 0.3) is 0 Å². The van der Waals surface area contributed by atoms with Crippen molar-refractivity contribution < 1.29 is 18.7 Å². The molecule has 1 N–H and O–H groups in total. The first-order valence-corrected chi connectivity index (χ1v) is 6.43. The molecule has 2 rings (SSSR count). The molecular formula is C14H17F2NO2. The second-order valence-electron chi connectivity index (χ2n) is 5.04. The van der Waals surface area contributed by atoms with Gasteiger partial charge in [-0.05, 0) is 37.4 Å². The fourth-order valence-electron chi connectivity index (χ4n) is 2.62. The van der Waals surface area contributed by atoms with Gasteiger partial charge in [0.2, 0.25) is 0 Å². The third-order valence-electron chi connectivity index (χ3n) is 3.51. The smallest absolute Gasteiger partial charge is 0.303 e. The highest BCUT2D eigenvalue weighted by Gasteiger charge is 2.23. The molecule has 5 heteroatoms. The fourth-order valence-corrected chi connectivity index (χ4v) is 2.62. The molecule has 0 spiro atoms. The molecule has 0 amide bonds. The number of carboxylic acids is 1. The van der Waals surface area contributed by atoms with E-state index in [1.807, 2.05) is 4.90 Å². The van der Waals surface area contributed by atoms with E-state index in [2.05, 4.69) is 0 Å². The summed E-state index contributed by atoms with van der Waals surface area (Å²) in [7, 11) is 0. The van der Waals surface area contributed by atoms with Crippen molar-refractivity contribution in [2.45, 2.75) is 25.8 Å². The van der Waals surface area contributed by atoms with E-state index >= 15 is 0 Å². The first kappa shape index (κ1) is 13.9.